The van der Waals surface area contributed by atoms with E-state index in [1.807, 2.05) is 18.5 Å². The molecule has 1 N–H and O–H groups in total. The van der Waals surface area contributed by atoms with E-state index >= 15 is 0 Å². The lowest BCUT2D eigenvalue weighted by Crippen LogP contribution is -2.40. The average molecular weight is 433 g/mol. The summed E-state index contributed by atoms with van der Waals surface area (Å²) in [7, 11) is 0. The van der Waals surface area contributed by atoms with Crippen LogP contribution in [0.5, 0.6) is 0 Å². The molecule has 1 spiro atoms. The Balaban J connectivity index is 1.46. The molecule has 1 fully saturated rings. The highest BCUT2D eigenvalue weighted by atomic mass is 32.1. The Morgan fingerprint density at radius 1 is 1.40 bits per heavy atom. The molecule has 2 aromatic heterocycles. The van der Waals surface area contributed by atoms with E-state index in [-0.39, 0.29) is 11.3 Å². The summed E-state index contributed by atoms with van der Waals surface area (Å²) in [6.45, 7) is 6.94. The van der Waals surface area contributed by atoms with Gasteiger partial charge in [0.15, 0.2) is 5.69 Å². The number of fused-ring (bicyclic) bond motifs is 1. The van der Waals surface area contributed by atoms with E-state index in [4.69, 9.17) is 14.6 Å². The summed E-state index contributed by atoms with van der Waals surface area (Å²) in [6, 6.07) is 0. The van der Waals surface area contributed by atoms with Gasteiger partial charge in [-0.1, -0.05) is 0 Å². The normalized spacial score (nSPS) is 18.0. The summed E-state index contributed by atoms with van der Waals surface area (Å²) < 4.78 is 12.7. The van der Waals surface area contributed by atoms with Gasteiger partial charge in [-0.3, -0.25) is 9.48 Å². The molecule has 162 valence electrons. The minimum Gasteiger partial charge on any atom is -0.461 e. The van der Waals surface area contributed by atoms with Gasteiger partial charge in [0.1, 0.15) is 5.69 Å². The number of nitrogens with zero attached hydrogens (tertiary/aromatic N) is 3. The Hall–Kier alpha value is -2.26. The molecular weight excluding hydrogens is 404 g/mol. The fourth-order valence-electron chi connectivity index (χ4n) is 4.30. The lowest BCUT2D eigenvalue weighted by atomic mass is 9.75. The Kier molecular flexibility index (Phi) is 6.19. The Labute approximate surface area is 180 Å². The summed E-state index contributed by atoms with van der Waals surface area (Å²) in [5.41, 5.74) is 3.07. The van der Waals surface area contributed by atoms with E-state index in [2.05, 4.69) is 10.3 Å². The molecule has 1 amide bonds. The first kappa shape index (κ1) is 21.0. The zero-order valence-electron chi connectivity index (χ0n) is 17.5. The topological polar surface area (TPSA) is 95.3 Å². The second-order valence-electron chi connectivity index (χ2n) is 8.05. The molecule has 0 atom stereocenters. The minimum absolute atomic E-state index is 0.0322. The van der Waals surface area contributed by atoms with Crippen LogP contribution >= 0.6 is 11.3 Å². The molecular formula is C21H28N4O4S. The molecule has 2 aliphatic heterocycles. The number of thiazole rings is 1. The Bertz CT molecular complexity index is 930. The van der Waals surface area contributed by atoms with Crippen molar-refractivity contribution in [1.29, 1.82) is 0 Å². The minimum atomic E-state index is -0.391. The molecule has 0 radical (unpaired) electrons. The van der Waals surface area contributed by atoms with E-state index < -0.39 is 5.97 Å². The highest BCUT2D eigenvalue weighted by Gasteiger charge is 2.39. The molecule has 30 heavy (non-hydrogen) atoms. The number of ether oxygens (including phenoxy) is 2. The Morgan fingerprint density at radius 3 is 2.90 bits per heavy atom. The van der Waals surface area contributed by atoms with Gasteiger partial charge in [0.05, 0.1) is 17.3 Å². The third-order valence-corrected chi connectivity index (χ3v) is 6.77. The molecule has 2 aliphatic rings. The van der Waals surface area contributed by atoms with Crippen LogP contribution in [0.25, 0.3) is 0 Å². The van der Waals surface area contributed by atoms with Crippen LogP contribution in [-0.2, 0) is 28.9 Å². The van der Waals surface area contributed by atoms with E-state index in [9.17, 15) is 9.59 Å². The van der Waals surface area contributed by atoms with E-state index in [1.165, 1.54) is 11.3 Å². The molecule has 1 saturated heterocycles. The molecule has 0 saturated carbocycles. The van der Waals surface area contributed by atoms with Crippen molar-refractivity contribution in [3.8, 4) is 0 Å². The fourth-order valence-corrected chi connectivity index (χ4v) is 4.88. The van der Waals surface area contributed by atoms with Crippen LogP contribution in [-0.4, -0.2) is 53.0 Å². The van der Waals surface area contributed by atoms with Gasteiger partial charge in [-0.05, 0) is 51.4 Å². The second-order valence-corrected chi connectivity index (χ2v) is 9.11. The number of rotatable bonds is 6. The number of carbonyl (C=O) groups excluding carboxylic acids is 2. The summed E-state index contributed by atoms with van der Waals surface area (Å²) in [5.74, 6) is -0.433. The highest BCUT2D eigenvalue weighted by molar-refractivity contribution is 7.09. The number of carbonyl (C=O) groups is 2. The first-order valence-electron chi connectivity index (χ1n) is 10.5. The fraction of sp³-hybridized carbons (Fsp3) is 0.619. The number of amides is 1. The van der Waals surface area contributed by atoms with Gasteiger partial charge in [0, 0.05) is 37.2 Å². The smallest absolute Gasteiger partial charge is 0.357 e. The number of aryl methyl sites for hydroxylation is 3. The number of esters is 1. The first-order valence-corrected chi connectivity index (χ1v) is 11.4. The van der Waals surface area contributed by atoms with E-state index in [0.29, 0.717) is 43.9 Å². The van der Waals surface area contributed by atoms with Crippen molar-refractivity contribution < 1.29 is 19.1 Å². The zero-order valence-corrected chi connectivity index (χ0v) is 18.3. The number of hydrogen-bond acceptors (Lipinski definition) is 7. The monoisotopic (exact) mass is 432 g/mol. The van der Waals surface area contributed by atoms with Crippen LogP contribution in [0.4, 0.5) is 0 Å². The molecule has 2 aromatic rings. The van der Waals surface area contributed by atoms with Crippen molar-refractivity contribution in [1.82, 2.24) is 20.1 Å². The van der Waals surface area contributed by atoms with Gasteiger partial charge < -0.3 is 14.8 Å². The summed E-state index contributed by atoms with van der Waals surface area (Å²) in [6.07, 6.45) is 4.03. The summed E-state index contributed by atoms with van der Waals surface area (Å²) in [4.78, 5) is 29.1. The van der Waals surface area contributed by atoms with Gasteiger partial charge >= 0.3 is 5.97 Å². The van der Waals surface area contributed by atoms with Crippen LogP contribution in [0.2, 0.25) is 0 Å². The SMILES string of the molecule is CCn1nc(CCCOC(=O)c2csc(C)n2)c2c1C(=O)NCC1(CCOCC1)C2. The third kappa shape index (κ3) is 4.27. The molecule has 4 heterocycles. The average Bonchev–Trinajstić information content (AvgIpc) is 3.30. The van der Waals surface area contributed by atoms with Crippen molar-refractivity contribution in [2.45, 2.75) is 52.5 Å². The summed E-state index contributed by atoms with van der Waals surface area (Å²) in [5, 5.41) is 10.4. The maximum absolute atomic E-state index is 12.8. The van der Waals surface area contributed by atoms with Gasteiger partial charge in [-0.15, -0.1) is 11.3 Å². The molecule has 0 aromatic carbocycles. The van der Waals surface area contributed by atoms with E-state index in [1.54, 1.807) is 5.38 Å². The van der Waals surface area contributed by atoms with Crippen LogP contribution in [0, 0.1) is 12.3 Å². The maximum atomic E-state index is 12.8. The molecule has 0 bridgehead atoms. The number of nitrogens with one attached hydrogen (secondary N) is 1. The van der Waals surface area contributed by atoms with Crippen LogP contribution in [0.3, 0.4) is 0 Å². The molecule has 0 aliphatic carbocycles. The van der Waals surface area contributed by atoms with Crippen LogP contribution in [0.15, 0.2) is 5.38 Å². The summed E-state index contributed by atoms with van der Waals surface area (Å²) >= 11 is 1.43. The first-order chi connectivity index (χ1) is 14.5. The van der Waals surface area contributed by atoms with Crippen molar-refractivity contribution in [2.24, 2.45) is 5.41 Å². The molecule has 9 heteroatoms. The number of aromatic nitrogens is 3. The van der Waals surface area contributed by atoms with Crippen molar-refractivity contribution in [3.05, 3.63) is 33.0 Å². The molecule has 4 rings (SSSR count). The van der Waals surface area contributed by atoms with E-state index in [0.717, 1.165) is 48.7 Å². The van der Waals surface area contributed by atoms with Crippen molar-refractivity contribution in [2.75, 3.05) is 26.4 Å². The molecule has 0 unspecified atom stereocenters. The van der Waals surface area contributed by atoms with Gasteiger partial charge in [-0.25, -0.2) is 9.78 Å². The molecule has 8 nitrogen and oxygen atoms in total. The Morgan fingerprint density at radius 2 is 2.20 bits per heavy atom. The maximum Gasteiger partial charge on any atom is 0.357 e. The predicted octanol–water partition coefficient (Wildman–Crippen LogP) is 2.54. The van der Waals surface area contributed by atoms with Crippen molar-refractivity contribution >= 4 is 23.2 Å². The van der Waals surface area contributed by atoms with Crippen molar-refractivity contribution in [3.63, 3.8) is 0 Å². The third-order valence-electron chi connectivity index (χ3n) is 6.00. The zero-order chi connectivity index (χ0) is 21.1. The lowest BCUT2D eigenvalue weighted by molar-refractivity contribution is 0.0160. The van der Waals surface area contributed by atoms with Gasteiger partial charge in [0.2, 0.25) is 0 Å². The largest absolute Gasteiger partial charge is 0.461 e. The lowest BCUT2D eigenvalue weighted by Gasteiger charge is -2.36. The quantitative estimate of drug-likeness (QED) is 0.557. The second kappa shape index (κ2) is 8.85. The van der Waals surface area contributed by atoms with Gasteiger partial charge in [0.25, 0.3) is 5.91 Å². The predicted molar refractivity (Wildman–Crippen MR) is 112 cm³/mol. The van der Waals surface area contributed by atoms with Crippen LogP contribution in [0.1, 0.15) is 63.4 Å². The standard InChI is InChI=1S/C21H28N4O4S/c1-3-25-18-15(11-21(13-22-19(18)26)6-9-28-10-7-21)16(24-25)5-4-8-29-20(27)17-12-30-14(2)23-17/h12H,3-11,13H2,1-2H3,(H,22,26). The number of hydrogen-bond donors (Lipinski definition) is 1. The highest BCUT2D eigenvalue weighted by Crippen LogP contribution is 2.37. The van der Waals surface area contributed by atoms with Crippen LogP contribution < -0.4 is 5.32 Å². The van der Waals surface area contributed by atoms with Gasteiger partial charge in [-0.2, -0.15) is 5.10 Å².